The van der Waals surface area contributed by atoms with Crippen LogP contribution >= 0.6 is 0 Å². The number of benzene rings is 2. The normalized spacial score (nSPS) is 12.6. The highest BCUT2D eigenvalue weighted by molar-refractivity contribution is 5.79. The molecule has 0 saturated heterocycles. The van der Waals surface area contributed by atoms with Crippen LogP contribution in [0.3, 0.4) is 0 Å². The molecule has 0 aliphatic heterocycles. The number of rotatable bonds is 15. The Bertz CT molecular complexity index is 917. The second kappa shape index (κ2) is 14.9. The van der Waals surface area contributed by atoms with Gasteiger partial charge in [-0.3, -0.25) is 0 Å². The van der Waals surface area contributed by atoms with E-state index in [1.165, 1.54) is 0 Å². The molecule has 0 heterocycles. The zero-order valence-electron chi connectivity index (χ0n) is 21.0. The van der Waals surface area contributed by atoms with Crippen molar-refractivity contribution in [3.05, 3.63) is 59.7 Å². The molecule has 0 aliphatic rings. The molecule has 192 valence electrons. The van der Waals surface area contributed by atoms with Crippen LogP contribution in [0.1, 0.15) is 37.8 Å². The zero-order chi connectivity index (χ0) is 25.6. The fraction of sp³-hybridized carbons (Fsp3) is 0.481. The Kier molecular flexibility index (Phi) is 11.9. The number of hydrogen-bond acceptors (Lipinski definition) is 6. The molecule has 2 aromatic carbocycles. The molecule has 1 amide bonds. The highest BCUT2D eigenvalue weighted by Gasteiger charge is 2.27. The van der Waals surface area contributed by atoms with Gasteiger partial charge in [-0.05, 0) is 47.9 Å². The standard InChI is InChI=1S/C27H37NO7/c1-19(2)22(15-21-11-12-24(33-4)25(16-21)34-14-8-13-32-3)17-23(26(29)30)28-27(31)35-18-20-9-6-5-7-10-20/h5-7,9-12,16,19,22-23H,8,13-15,17-18H2,1-4H3,(H,28,31)(H,29,30)/t22-,23-/m0/s1. The number of ether oxygens (including phenoxy) is 4. The van der Waals surface area contributed by atoms with E-state index >= 15 is 0 Å². The van der Waals surface area contributed by atoms with Crippen molar-refractivity contribution in [2.75, 3.05) is 27.4 Å². The number of methoxy groups -OCH3 is 2. The maximum absolute atomic E-state index is 12.3. The van der Waals surface area contributed by atoms with E-state index in [4.69, 9.17) is 18.9 Å². The van der Waals surface area contributed by atoms with Gasteiger partial charge in [0.1, 0.15) is 12.6 Å². The quantitative estimate of drug-likeness (QED) is 0.351. The first-order chi connectivity index (χ1) is 16.8. The van der Waals surface area contributed by atoms with Crippen molar-refractivity contribution in [1.29, 1.82) is 0 Å². The van der Waals surface area contributed by atoms with Gasteiger partial charge in [-0.15, -0.1) is 0 Å². The zero-order valence-corrected chi connectivity index (χ0v) is 21.0. The topological polar surface area (TPSA) is 103 Å². The van der Waals surface area contributed by atoms with Crippen LogP contribution in [0, 0.1) is 11.8 Å². The summed E-state index contributed by atoms with van der Waals surface area (Å²) in [6, 6.07) is 13.9. The smallest absolute Gasteiger partial charge is 0.408 e. The number of nitrogens with one attached hydrogen (secondary N) is 1. The van der Waals surface area contributed by atoms with Gasteiger partial charge in [0.15, 0.2) is 11.5 Å². The largest absolute Gasteiger partial charge is 0.493 e. The minimum atomic E-state index is -1.09. The maximum Gasteiger partial charge on any atom is 0.408 e. The van der Waals surface area contributed by atoms with E-state index in [1.54, 1.807) is 14.2 Å². The lowest BCUT2D eigenvalue weighted by atomic mass is 9.84. The molecule has 2 atom stereocenters. The lowest BCUT2D eigenvalue weighted by Crippen LogP contribution is -2.43. The molecule has 2 aromatic rings. The summed E-state index contributed by atoms with van der Waals surface area (Å²) in [5, 5.41) is 12.3. The van der Waals surface area contributed by atoms with E-state index in [0.29, 0.717) is 31.1 Å². The van der Waals surface area contributed by atoms with Gasteiger partial charge in [-0.1, -0.05) is 50.2 Å². The van der Waals surface area contributed by atoms with Crippen molar-refractivity contribution in [2.24, 2.45) is 11.8 Å². The summed E-state index contributed by atoms with van der Waals surface area (Å²) in [6.07, 6.45) is 0.898. The van der Waals surface area contributed by atoms with E-state index in [2.05, 4.69) is 5.32 Å². The second-order valence-corrected chi connectivity index (χ2v) is 8.72. The Morgan fingerprint density at radius 2 is 1.71 bits per heavy atom. The summed E-state index contributed by atoms with van der Waals surface area (Å²) in [6.45, 7) is 5.27. The fourth-order valence-electron chi connectivity index (χ4n) is 3.67. The highest BCUT2D eigenvalue weighted by atomic mass is 16.5. The van der Waals surface area contributed by atoms with E-state index in [1.807, 2.05) is 62.4 Å². The summed E-state index contributed by atoms with van der Waals surface area (Å²) < 4.78 is 21.6. The molecule has 8 heteroatoms. The Labute approximate surface area is 207 Å². The molecule has 0 aromatic heterocycles. The summed E-state index contributed by atoms with van der Waals surface area (Å²) >= 11 is 0. The van der Waals surface area contributed by atoms with E-state index < -0.39 is 18.1 Å². The van der Waals surface area contributed by atoms with Crippen molar-refractivity contribution in [1.82, 2.24) is 5.32 Å². The number of aliphatic carboxylic acids is 1. The molecule has 0 spiro atoms. The summed E-state index contributed by atoms with van der Waals surface area (Å²) in [7, 11) is 3.24. The van der Waals surface area contributed by atoms with Crippen LogP contribution < -0.4 is 14.8 Å². The number of alkyl carbamates (subject to hydrolysis) is 1. The third-order valence-electron chi connectivity index (χ3n) is 5.76. The molecule has 0 unspecified atom stereocenters. The summed E-state index contributed by atoms with van der Waals surface area (Å²) in [5.74, 6) is 0.371. The lowest BCUT2D eigenvalue weighted by Gasteiger charge is -2.25. The number of carbonyl (C=O) groups is 2. The van der Waals surface area contributed by atoms with Gasteiger partial charge in [0.25, 0.3) is 0 Å². The Morgan fingerprint density at radius 3 is 2.34 bits per heavy atom. The average Bonchev–Trinajstić information content (AvgIpc) is 2.85. The van der Waals surface area contributed by atoms with Gasteiger partial charge in [-0.2, -0.15) is 0 Å². The molecule has 0 radical (unpaired) electrons. The second-order valence-electron chi connectivity index (χ2n) is 8.72. The molecular formula is C27H37NO7. The van der Waals surface area contributed by atoms with E-state index in [0.717, 1.165) is 17.5 Å². The van der Waals surface area contributed by atoms with Gasteiger partial charge >= 0.3 is 12.1 Å². The van der Waals surface area contributed by atoms with Crippen molar-refractivity contribution < 1.29 is 33.6 Å². The fourth-order valence-corrected chi connectivity index (χ4v) is 3.67. The third kappa shape index (κ3) is 9.86. The number of carboxylic acids is 1. The van der Waals surface area contributed by atoms with E-state index in [-0.39, 0.29) is 24.9 Å². The van der Waals surface area contributed by atoms with Gasteiger partial charge in [-0.25, -0.2) is 9.59 Å². The first kappa shape index (κ1) is 28.0. The van der Waals surface area contributed by atoms with Crippen LogP contribution in [0.5, 0.6) is 11.5 Å². The van der Waals surface area contributed by atoms with Crippen molar-refractivity contribution in [2.45, 2.75) is 45.8 Å². The van der Waals surface area contributed by atoms with Gasteiger partial charge in [0.2, 0.25) is 0 Å². The average molecular weight is 488 g/mol. The lowest BCUT2D eigenvalue weighted by molar-refractivity contribution is -0.140. The molecular weight excluding hydrogens is 450 g/mol. The Morgan fingerprint density at radius 1 is 0.971 bits per heavy atom. The number of amides is 1. The van der Waals surface area contributed by atoms with Gasteiger partial charge in [0.05, 0.1) is 13.7 Å². The van der Waals surface area contributed by atoms with Crippen LogP contribution in [0.4, 0.5) is 4.79 Å². The first-order valence-electron chi connectivity index (χ1n) is 11.8. The summed E-state index contributed by atoms with van der Waals surface area (Å²) in [4.78, 5) is 24.2. The Hall–Kier alpha value is -3.26. The molecule has 0 fully saturated rings. The molecule has 0 aliphatic carbocycles. The van der Waals surface area contributed by atoms with Crippen LogP contribution in [0.2, 0.25) is 0 Å². The molecule has 0 saturated carbocycles. The van der Waals surface area contributed by atoms with Crippen LogP contribution in [-0.2, 0) is 27.3 Å². The Balaban J connectivity index is 2.02. The summed E-state index contributed by atoms with van der Waals surface area (Å²) in [5.41, 5.74) is 1.83. The molecule has 2 rings (SSSR count). The minimum absolute atomic E-state index is 0.000240. The first-order valence-corrected chi connectivity index (χ1v) is 11.8. The predicted octanol–water partition coefficient (Wildman–Crippen LogP) is 4.69. The maximum atomic E-state index is 12.3. The van der Waals surface area contributed by atoms with Crippen LogP contribution in [0.25, 0.3) is 0 Å². The van der Waals surface area contributed by atoms with E-state index in [9.17, 15) is 14.7 Å². The van der Waals surface area contributed by atoms with Gasteiger partial charge < -0.3 is 29.4 Å². The van der Waals surface area contributed by atoms with Crippen molar-refractivity contribution in [3.8, 4) is 11.5 Å². The predicted molar refractivity (Wildman–Crippen MR) is 133 cm³/mol. The minimum Gasteiger partial charge on any atom is -0.493 e. The number of hydrogen-bond donors (Lipinski definition) is 2. The molecule has 8 nitrogen and oxygen atoms in total. The highest BCUT2D eigenvalue weighted by Crippen LogP contribution is 2.31. The number of carboxylic acid groups (broad SMARTS) is 1. The van der Waals surface area contributed by atoms with Crippen molar-refractivity contribution in [3.63, 3.8) is 0 Å². The third-order valence-corrected chi connectivity index (χ3v) is 5.76. The molecule has 35 heavy (non-hydrogen) atoms. The van der Waals surface area contributed by atoms with Crippen LogP contribution in [0.15, 0.2) is 48.5 Å². The van der Waals surface area contributed by atoms with Gasteiger partial charge in [0, 0.05) is 20.1 Å². The molecule has 2 N–H and O–H groups in total. The number of carbonyl (C=O) groups excluding carboxylic acids is 1. The SMILES string of the molecule is COCCCOc1cc(C[C@@H](C[C@H](NC(=O)OCc2ccccc2)C(=O)O)C(C)C)ccc1OC. The molecule has 0 bridgehead atoms. The monoisotopic (exact) mass is 487 g/mol. The van der Waals surface area contributed by atoms with Crippen LogP contribution in [-0.4, -0.2) is 50.6 Å². The van der Waals surface area contributed by atoms with Crippen molar-refractivity contribution >= 4 is 12.1 Å².